The Balaban J connectivity index is 2.04. The minimum atomic E-state index is 0.854. The van der Waals surface area contributed by atoms with E-state index < -0.39 is 0 Å². The van der Waals surface area contributed by atoms with Gasteiger partial charge >= 0.3 is 0 Å². The first-order valence-electron chi connectivity index (χ1n) is 5.39. The van der Waals surface area contributed by atoms with Crippen molar-refractivity contribution in [3.05, 3.63) is 61.6 Å². The number of rotatable bonds is 3. The van der Waals surface area contributed by atoms with Gasteiger partial charge in [0.1, 0.15) is 0 Å². The van der Waals surface area contributed by atoms with E-state index in [2.05, 4.69) is 93.2 Å². The standard InChI is InChI=1S/C14H13BrIN/c1-10-6-12(15)8-14(7-10)17-9-11-2-4-13(16)5-3-11/h2-8,17H,9H2,1H3. The fourth-order valence-electron chi connectivity index (χ4n) is 1.64. The van der Waals surface area contributed by atoms with Crippen molar-refractivity contribution in [2.75, 3.05) is 5.32 Å². The number of benzene rings is 2. The molecule has 2 rings (SSSR count). The molecule has 2 aromatic rings. The van der Waals surface area contributed by atoms with E-state index >= 15 is 0 Å². The SMILES string of the molecule is Cc1cc(Br)cc(NCc2ccc(I)cc2)c1. The first-order valence-corrected chi connectivity index (χ1v) is 7.26. The zero-order chi connectivity index (χ0) is 12.3. The summed E-state index contributed by atoms with van der Waals surface area (Å²) in [5, 5.41) is 3.43. The molecule has 0 fully saturated rings. The van der Waals surface area contributed by atoms with Crippen LogP contribution in [0.1, 0.15) is 11.1 Å². The monoisotopic (exact) mass is 401 g/mol. The number of hydrogen-bond acceptors (Lipinski definition) is 1. The zero-order valence-electron chi connectivity index (χ0n) is 9.50. The summed E-state index contributed by atoms with van der Waals surface area (Å²) in [6.45, 7) is 2.95. The Bertz CT molecular complexity index is 488. The molecule has 0 radical (unpaired) electrons. The molecule has 0 bridgehead atoms. The summed E-state index contributed by atoms with van der Waals surface area (Å²) in [5.41, 5.74) is 3.70. The van der Waals surface area contributed by atoms with E-state index in [0.29, 0.717) is 0 Å². The zero-order valence-corrected chi connectivity index (χ0v) is 13.2. The molecule has 0 saturated heterocycles. The first-order chi connectivity index (χ1) is 8.13. The van der Waals surface area contributed by atoms with E-state index in [1.165, 1.54) is 14.7 Å². The Labute approximate surface area is 124 Å². The molecule has 3 heteroatoms. The largest absolute Gasteiger partial charge is 0.381 e. The van der Waals surface area contributed by atoms with Crippen LogP contribution in [0.4, 0.5) is 5.69 Å². The molecule has 2 aromatic carbocycles. The van der Waals surface area contributed by atoms with Gasteiger partial charge in [0.15, 0.2) is 0 Å². The van der Waals surface area contributed by atoms with Crippen LogP contribution in [-0.4, -0.2) is 0 Å². The van der Waals surface area contributed by atoms with Crippen molar-refractivity contribution in [1.82, 2.24) is 0 Å². The van der Waals surface area contributed by atoms with Gasteiger partial charge in [0, 0.05) is 20.3 Å². The van der Waals surface area contributed by atoms with Crippen molar-refractivity contribution in [3.8, 4) is 0 Å². The summed E-state index contributed by atoms with van der Waals surface area (Å²) < 4.78 is 2.38. The van der Waals surface area contributed by atoms with Crippen LogP contribution in [0.3, 0.4) is 0 Å². The van der Waals surface area contributed by atoms with Crippen LogP contribution < -0.4 is 5.32 Å². The predicted molar refractivity (Wildman–Crippen MR) is 85.4 cm³/mol. The maximum Gasteiger partial charge on any atom is 0.0400 e. The maximum absolute atomic E-state index is 3.51. The molecule has 0 amide bonds. The molecular weight excluding hydrogens is 389 g/mol. The van der Waals surface area contributed by atoms with Crippen molar-refractivity contribution in [2.24, 2.45) is 0 Å². The highest BCUT2D eigenvalue weighted by Gasteiger charge is 1.97. The molecular formula is C14H13BrIN. The van der Waals surface area contributed by atoms with Gasteiger partial charge in [-0.05, 0) is 71.0 Å². The highest BCUT2D eigenvalue weighted by molar-refractivity contribution is 14.1. The molecule has 88 valence electrons. The molecule has 0 aliphatic heterocycles. The van der Waals surface area contributed by atoms with Crippen LogP contribution in [-0.2, 0) is 6.54 Å². The normalized spacial score (nSPS) is 10.3. The lowest BCUT2D eigenvalue weighted by Crippen LogP contribution is -1.99. The van der Waals surface area contributed by atoms with Gasteiger partial charge in [0.25, 0.3) is 0 Å². The van der Waals surface area contributed by atoms with Gasteiger partial charge in [-0.25, -0.2) is 0 Å². The lowest BCUT2D eigenvalue weighted by molar-refractivity contribution is 1.14. The maximum atomic E-state index is 3.51. The Morgan fingerprint density at radius 3 is 2.47 bits per heavy atom. The Kier molecular flexibility index (Phi) is 4.45. The average molecular weight is 402 g/mol. The summed E-state index contributed by atoms with van der Waals surface area (Å²) in [6.07, 6.45) is 0. The molecule has 0 atom stereocenters. The summed E-state index contributed by atoms with van der Waals surface area (Å²) in [4.78, 5) is 0. The molecule has 17 heavy (non-hydrogen) atoms. The molecule has 1 N–H and O–H groups in total. The summed E-state index contributed by atoms with van der Waals surface area (Å²) in [6, 6.07) is 14.9. The van der Waals surface area contributed by atoms with Gasteiger partial charge in [-0.15, -0.1) is 0 Å². The summed E-state index contributed by atoms with van der Waals surface area (Å²) in [7, 11) is 0. The number of halogens is 2. The molecule has 0 aliphatic carbocycles. The number of anilines is 1. The van der Waals surface area contributed by atoms with E-state index in [1.807, 2.05) is 0 Å². The van der Waals surface area contributed by atoms with Gasteiger partial charge in [-0.2, -0.15) is 0 Å². The Morgan fingerprint density at radius 2 is 1.82 bits per heavy atom. The molecule has 1 nitrogen and oxygen atoms in total. The Morgan fingerprint density at radius 1 is 1.12 bits per heavy atom. The minimum Gasteiger partial charge on any atom is -0.381 e. The van der Waals surface area contributed by atoms with Crippen molar-refractivity contribution >= 4 is 44.2 Å². The Hall–Kier alpha value is -0.550. The fraction of sp³-hybridized carbons (Fsp3) is 0.143. The second kappa shape index (κ2) is 5.87. The van der Waals surface area contributed by atoms with Gasteiger partial charge in [0.05, 0.1) is 0 Å². The van der Waals surface area contributed by atoms with Crippen molar-refractivity contribution in [3.63, 3.8) is 0 Å². The fourth-order valence-corrected chi connectivity index (χ4v) is 2.61. The topological polar surface area (TPSA) is 12.0 Å². The summed E-state index contributed by atoms with van der Waals surface area (Å²) in [5.74, 6) is 0. The van der Waals surface area contributed by atoms with Gasteiger partial charge in [-0.1, -0.05) is 28.1 Å². The van der Waals surface area contributed by atoms with E-state index in [9.17, 15) is 0 Å². The van der Waals surface area contributed by atoms with Crippen LogP contribution in [0.25, 0.3) is 0 Å². The highest BCUT2D eigenvalue weighted by atomic mass is 127. The van der Waals surface area contributed by atoms with Gasteiger partial charge in [-0.3, -0.25) is 0 Å². The average Bonchev–Trinajstić information content (AvgIpc) is 2.27. The number of hydrogen-bond donors (Lipinski definition) is 1. The molecule has 0 heterocycles. The summed E-state index contributed by atoms with van der Waals surface area (Å²) >= 11 is 5.83. The lowest BCUT2D eigenvalue weighted by atomic mass is 10.2. The van der Waals surface area contributed by atoms with Crippen LogP contribution in [0, 0.1) is 10.5 Å². The molecule has 0 aliphatic rings. The van der Waals surface area contributed by atoms with Gasteiger partial charge < -0.3 is 5.32 Å². The molecule has 0 spiro atoms. The third kappa shape index (κ3) is 4.00. The van der Waals surface area contributed by atoms with Crippen LogP contribution >= 0.6 is 38.5 Å². The smallest absolute Gasteiger partial charge is 0.0400 e. The van der Waals surface area contributed by atoms with Crippen LogP contribution in [0.2, 0.25) is 0 Å². The third-order valence-corrected chi connectivity index (χ3v) is 3.63. The molecule has 0 saturated carbocycles. The van der Waals surface area contributed by atoms with E-state index in [0.717, 1.165) is 16.7 Å². The minimum absolute atomic E-state index is 0.854. The number of aryl methyl sites for hydroxylation is 1. The van der Waals surface area contributed by atoms with E-state index in [-0.39, 0.29) is 0 Å². The predicted octanol–water partition coefficient (Wildman–Crippen LogP) is 4.97. The highest BCUT2D eigenvalue weighted by Crippen LogP contribution is 2.19. The van der Waals surface area contributed by atoms with Crippen molar-refractivity contribution in [1.29, 1.82) is 0 Å². The molecule has 0 aromatic heterocycles. The lowest BCUT2D eigenvalue weighted by Gasteiger charge is -2.08. The first kappa shape index (κ1) is 12.9. The second-order valence-corrected chi connectivity index (χ2v) is 6.16. The van der Waals surface area contributed by atoms with Crippen LogP contribution in [0.15, 0.2) is 46.9 Å². The van der Waals surface area contributed by atoms with Crippen molar-refractivity contribution < 1.29 is 0 Å². The molecule has 0 unspecified atom stereocenters. The number of nitrogens with one attached hydrogen (secondary N) is 1. The quantitative estimate of drug-likeness (QED) is 0.715. The van der Waals surface area contributed by atoms with Crippen LogP contribution in [0.5, 0.6) is 0 Å². The van der Waals surface area contributed by atoms with Gasteiger partial charge in [0.2, 0.25) is 0 Å². The van der Waals surface area contributed by atoms with E-state index in [1.54, 1.807) is 0 Å². The second-order valence-electron chi connectivity index (χ2n) is 4.00. The van der Waals surface area contributed by atoms with E-state index in [4.69, 9.17) is 0 Å². The van der Waals surface area contributed by atoms with Crippen molar-refractivity contribution in [2.45, 2.75) is 13.5 Å². The third-order valence-electron chi connectivity index (χ3n) is 2.45.